The molecule has 0 bridgehead atoms. The van der Waals surface area contributed by atoms with E-state index < -0.39 is 30.0 Å². The first kappa shape index (κ1) is 18.6. The van der Waals surface area contributed by atoms with Gasteiger partial charge in [0, 0.05) is 12.5 Å². The molecule has 22 heavy (non-hydrogen) atoms. The number of nitrogens with zero attached hydrogens (tertiary/aromatic N) is 1. The minimum absolute atomic E-state index is 0.143. The Bertz CT molecular complexity index is 749. The predicted octanol–water partition coefficient (Wildman–Crippen LogP) is -0.175. The summed E-state index contributed by atoms with van der Waals surface area (Å²) in [6, 6.07) is 0.858. The molecule has 0 aliphatic carbocycles. The maximum atomic E-state index is 11.9. The van der Waals surface area contributed by atoms with Gasteiger partial charge in [0.05, 0.1) is 0 Å². The van der Waals surface area contributed by atoms with E-state index in [1.807, 2.05) is 11.6 Å². The number of unbranched alkanes of at least 4 members (excludes halogenated alkanes) is 1. The molecule has 0 amide bonds. The Morgan fingerprint density at radius 1 is 1.23 bits per heavy atom. The standard InChI is InChI=1S/C11H19N3O6S2/c1-4-5-6-14(15)8-9-10(21(16,17)12-2)7-11(20-9)22(18,19)13-3/h7-8,12-13H,4-6H2,1-3H3. The maximum absolute atomic E-state index is 11.9. The molecule has 0 unspecified atom stereocenters. The minimum Gasteiger partial charge on any atom is -0.624 e. The van der Waals surface area contributed by atoms with Crippen molar-refractivity contribution in [2.75, 3.05) is 20.6 Å². The third kappa shape index (κ3) is 4.29. The van der Waals surface area contributed by atoms with E-state index in [9.17, 15) is 22.0 Å². The first-order valence-corrected chi connectivity index (χ1v) is 9.44. The summed E-state index contributed by atoms with van der Waals surface area (Å²) in [5.74, 6) is -0.339. The normalized spacial score (nSPS) is 13.5. The van der Waals surface area contributed by atoms with Crippen LogP contribution >= 0.6 is 0 Å². The molecule has 1 rings (SSSR count). The molecule has 0 fully saturated rings. The highest BCUT2D eigenvalue weighted by atomic mass is 32.2. The highest BCUT2D eigenvalue weighted by Gasteiger charge is 2.28. The summed E-state index contributed by atoms with van der Waals surface area (Å²) in [5, 5.41) is 11.1. The van der Waals surface area contributed by atoms with E-state index in [4.69, 9.17) is 4.42 Å². The molecule has 2 N–H and O–H groups in total. The molecule has 11 heteroatoms. The van der Waals surface area contributed by atoms with E-state index in [1.165, 1.54) is 7.05 Å². The fourth-order valence-corrected chi connectivity index (χ4v) is 3.11. The van der Waals surface area contributed by atoms with E-state index >= 15 is 0 Å². The number of hydroxylamine groups is 1. The summed E-state index contributed by atoms with van der Waals surface area (Å²) in [5.41, 5.74) is 0. The van der Waals surface area contributed by atoms with Gasteiger partial charge < -0.3 is 9.62 Å². The van der Waals surface area contributed by atoms with Gasteiger partial charge in [-0.15, -0.1) is 0 Å². The van der Waals surface area contributed by atoms with Crippen molar-refractivity contribution in [1.29, 1.82) is 0 Å². The Morgan fingerprint density at radius 3 is 2.32 bits per heavy atom. The van der Waals surface area contributed by atoms with Crippen LogP contribution < -0.4 is 9.44 Å². The second-order valence-corrected chi connectivity index (χ2v) is 8.00. The molecule has 1 heterocycles. The van der Waals surface area contributed by atoms with Gasteiger partial charge in [-0.1, -0.05) is 13.3 Å². The first-order valence-electron chi connectivity index (χ1n) is 6.47. The van der Waals surface area contributed by atoms with Crippen LogP contribution in [0, 0.1) is 5.21 Å². The number of hydrogen-bond acceptors (Lipinski definition) is 6. The van der Waals surface area contributed by atoms with Crippen molar-refractivity contribution < 1.29 is 26.0 Å². The smallest absolute Gasteiger partial charge is 0.273 e. The van der Waals surface area contributed by atoms with Gasteiger partial charge in [0.1, 0.15) is 4.90 Å². The van der Waals surface area contributed by atoms with E-state index in [-0.39, 0.29) is 12.3 Å². The van der Waals surface area contributed by atoms with Crippen LogP contribution in [-0.4, -0.2) is 48.4 Å². The van der Waals surface area contributed by atoms with E-state index in [1.54, 1.807) is 0 Å². The summed E-state index contributed by atoms with van der Waals surface area (Å²) < 4.78 is 56.9. The summed E-state index contributed by atoms with van der Waals surface area (Å²) in [6.07, 6.45) is 2.32. The zero-order chi connectivity index (χ0) is 17.0. The van der Waals surface area contributed by atoms with Crippen molar-refractivity contribution in [3.63, 3.8) is 0 Å². The lowest BCUT2D eigenvalue weighted by Gasteiger charge is -2.03. The molecule has 0 saturated carbocycles. The lowest BCUT2D eigenvalue weighted by molar-refractivity contribution is -0.453. The molecular formula is C11H19N3O6S2. The van der Waals surface area contributed by atoms with Crippen molar-refractivity contribution in [2.45, 2.75) is 29.8 Å². The Kier molecular flexibility index (Phi) is 6.11. The predicted molar refractivity (Wildman–Crippen MR) is 79.8 cm³/mol. The summed E-state index contributed by atoms with van der Waals surface area (Å²) in [4.78, 5) is -0.416. The van der Waals surface area contributed by atoms with Gasteiger partial charge in [-0.25, -0.2) is 31.0 Å². The van der Waals surface area contributed by atoms with Gasteiger partial charge >= 0.3 is 0 Å². The van der Waals surface area contributed by atoms with Crippen molar-refractivity contribution in [3.8, 4) is 0 Å². The molecule has 0 spiro atoms. The number of furan rings is 1. The number of sulfonamides is 2. The first-order chi connectivity index (χ1) is 10.2. The molecular weight excluding hydrogens is 334 g/mol. The van der Waals surface area contributed by atoms with E-state index in [0.717, 1.165) is 25.7 Å². The lowest BCUT2D eigenvalue weighted by Crippen LogP contribution is -2.20. The second kappa shape index (κ2) is 7.22. The molecule has 0 aliphatic heterocycles. The van der Waals surface area contributed by atoms with Crippen LogP contribution in [0.1, 0.15) is 25.5 Å². The molecule has 1 aromatic rings. The molecule has 0 aliphatic rings. The van der Waals surface area contributed by atoms with Gasteiger partial charge in [-0.05, 0) is 14.1 Å². The third-order valence-electron chi connectivity index (χ3n) is 2.79. The molecule has 9 nitrogen and oxygen atoms in total. The largest absolute Gasteiger partial charge is 0.624 e. The summed E-state index contributed by atoms with van der Waals surface area (Å²) in [6.45, 7) is 2.04. The zero-order valence-electron chi connectivity index (χ0n) is 12.5. The van der Waals surface area contributed by atoms with Crippen LogP contribution in [0.15, 0.2) is 20.5 Å². The van der Waals surface area contributed by atoms with Gasteiger partial charge in [0.25, 0.3) is 10.0 Å². The van der Waals surface area contributed by atoms with Crippen LogP contribution in [0.3, 0.4) is 0 Å². The van der Waals surface area contributed by atoms with Crippen LogP contribution in [0.5, 0.6) is 0 Å². The summed E-state index contributed by atoms with van der Waals surface area (Å²) in [7, 11) is -5.61. The Morgan fingerprint density at radius 2 is 1.82 bits per heavy atom. The van der Waals surface area contributed by atoms with E-state index in [0.29, 0.717) is 11.2 Å². The highest BCUT2D eigenvalue weighted by Crippen LogP contribution is 2.22. The molecule has 0 aromatic carbocycles. The number of nitrogens with one attached hydrogen (secondary N) is 2. The minimum atomic E-state index is -3.98. The second-order valence-electron chi connectivity index (χ2n) is 4.33. The van der Waals surface area contributed by atoms with Crippen molar-refractivity contribution >= 4 is 26.3 Å². The van der Waals surface area contributed by atoms with Crippen LogP contribution in [0.4, 0.5) is 0 Å². The summed E-state index contributed by atoms with van der Waals surface area (Å²) >= 11 is 0. The van der Waals surface area contributed by atoms with Crippen molar-refractivity contribution in [3.05, 3.63) is 17.0 Å². The SMILES string of the molecule is CCCC[N+]([O-])=Cc1oc(S(=O)(=O)NC)cc1S(=O)(=O)NC. The van der Waals surface area contributed by atoms with Crippen molar-refractivity contribution in [1.82, 2.24) is 9.44 Å². The zero-order valence-corrected chi connectivity index (χ0v) is 14.1. The Balaban J connectivity index is 3.42. The molecule has 1 aromatic heterocycles. The van der Waals surface area contributed by atoms with Crippen LogP contribution in [0.2, 0.25) is 0 Å². The van der Waals surface area contributed by atoms with Crippen LogP contribution in [0.25, 0.3) is 0 Å². The van der Waals surface area contributed by atoms with Gasteiger partial charge in [0.2, 0.25) is 27.1 Å². The average molecular weight is 353 g/mol. The molecule has 0 atom stereocenters. The lowest BCUT2D eigenvalue weighted by atomic mass is 10.3. The van der Waals surface area contributed by atoms with Crippen LogP contribution in [-0.2, 0) is 20.0 Å². The molecule has 0 saturated heterocycles. The van der Waals surface area contributed by atoms with Crippen molar-refractivity contribution in [2.24, 2.45) is 0 Å². The fraction of sp³-hybridized carbons (Fsp3) is 0.545. The number of rotatable bonds is 8. The fourth-order valence-electron chi connectivity index (χ4n) is 1.52. The monoisotopic (exact) mass is 353 g/mol. The van der Waals surface area contributed by atoms with Gasteiger partial charge in [-0.2, -0.15) is 0 Å². The number of hydrogen-bond donors (Lipinski definition) is 2. The highest BCUT2D eigenvalue weighted by molar-refractivity contribution is 7.90. The Hall–Kier alpha value is -1.43. The van der Waals surface area contributed by atoms with Gasteiger partial charge in [-0.3, -0.25) is 0 Å². The maximum Gasteiger partial charge on any atom is 0.273 e. The Labute approximate surface area is 129 Å². The molecule has 126 valence electrons. The molecule has 0 radical (unpaired) electrons. The van der Waals surface area contributed by atoms with Gasteiger partial charge in [0.15, 0.2) is 6.54 Å². The average Bonchev–Trinajstić information content (AvgIpc) is 2.90. The topological polar surface area (TPSA) is 132 Å². The van der Waals surface area contributed by atoms with E-state index in [2.05, 4.69) is 4.72 Å². The quantitative estimate of drug-likeness (QED) is 0.288. The third-order valence-corrected chi connectivity index (χ3v) is 5.49.